The SMILES string of the molecule is Oc1cc(C(F)(F)F)cc(Br)c1C1(O)CC1. The van der Waals surface area contributed by atoms with E-state index in [9.17, 15) is 23.4 Å². The Balaban J connectivity index is 2.52. The molecule has 0 aliphatic heterocycles. The van der Waals surface area contributed by atoms with Crippen molar-refractivity contribution >= 4 is 15.9 Å². The molecule has 2 nitrogen and oxygen atoms in total. The van der Waals surface area contributed by atoms with Crippen molar-refractivity contribution in [1.82, 2.24) is 0 Å². The molecule has 1 saturated carbocycles. The minimum Gasteiger partial charge on any atom is -0.508 e. The van der Waals surface area contributed by atoms with Crippen molar-refractivity contribution in [2.24, 2.45) is 0 Å². The quantitative estimate of drug-likeness (QED) is 0.836. The summed E-state index contributed by atoms with van der Waals surface area (Å²) in [6, 6.07) is 1.50. The van der Waals surface area contributed by atoms with Crippen molar-refractivity contribution in [3.05, 3.63) is 27.7 Å². The molecule has 1 aromatic rings. The third kappa shape index (κ3) is 1.91. The fourth-order valence-electron chi connectivity index (χ4n) is 1.58. The first-order chi connectivity index (χ1) is 7.24. The molecule has 2 N–H and O–H groups in total. The van der Waals surface area contributed by atoms with E-state index in [0.717, 1.165) is 6.07 Å². The van der Waals surface area contributed by atoms with Gasteiger partial charge in [0.25, 0.3) is 0 Å². The van der Waals surface area contributed by atoms with E-state index in [4.69, 9.17) is 0 Å². The molecule has 16 heavy (non-hydrogen) atoms. The number of phenolic OH excluding ortho intramolecular Hbond substituents is 1. The van der Waals surface area contributed by atoms with Crippen LogP contribution in [0.4, 0.5) is 13.2 Å². The van der Waals surface area contributed by atoms with Crippen LogP contribution in [-0.2, 0) is 11.8 Å². The second-order valence-corrected chi connectivity index (χ2v) is 4.74. The topological polar surface area (TPSA) is 40.5 Å². The highest BCUT2D eigenvalue weighted by Gasteiger charge is 2.46. The van der Waals surface area contributed by atoms with Crippen LogP contribution in [0.15, 0.2) is 16.6 Å². The second kappa shape index (κ2) is 3.37. The number of halogens is 4. The summed E-state index contributed by atoms with van der Waals surface area (Å²) in [7, 11) is 0. The number of benzene rings is 1. The van der Waals surface area contributed by atoms with Crippen molar-refractivity contribution in [3.8, 4) is 5.75 Å². The van der Waals surface area contributed by atoms with Crippen LogP contribution >= 0.6 is 15.9 Å². The summed E-state index contributed by atoms with van der Waals surface area (Å²) in [6.45, 7) is 0. The van der Waals surface area contributed by atoms with Gasteiger partial charge in [0, 0.05) is 10.0 Å². The minimum atomic E-state index is -4.51. The average Bonchev–Trinajstić information content (AvgIpc) is 2.81. The molecule has 1 fully saturated rings. The Morgan fingerprint density at radius 3 is 2.19 bits per heavy atom. The van der Waals surface area contributed by atoms with Gasteiger partial charge in [-0.1, -0.05) is 15.9 Å². The molecule has 0 bridgehead atoms. The lowest BCUT2D eigenvalue weighted by molar-refractivity contribution is -0.137. The van der Waals surface area contributed by atoms with E-state index in [1.54, 1.807) is 0 Å². The molecular weight excluding hydrogens is 289 g/mol. The van der Waals surface area contributed by atoms with Crippen LogP contribution in [0.1, 0.15) is 24.0 Å². The number of rotatable bonds is 1. The van der Waals surface area contributed by atoms with Crippen molar-refractivity contribution < 1.29 is 23.4 Å². The molecule has 0 atom stereocenters. The maximum absolute atomic E-state index is 12.4. The van der Waals surface area contributed by atoms with Crippen molar-refractivity contribution in [3.63, 3.8) is 0 Å². The zero-order valence-electron chi connectivity index (χ0n) is 7.98. The Labute approximate surface area is 97.8 Å². The maximum Gasteiger partial charge on any atom is 0.416 e. The van der Waals surface area contributed by atoms with Gasteiger partial charge in [0.2, 0.25) is 0 Å². The smallest absolute Gasteiger partial charge is 0.416 e. The van der Waals surface area contributed by atoms with Crippen LogP contribution in [0.3, 0.4) is 0 Å². The van der Waals surface area contributed by atoms with Gasteiger partial charge in [-0.25, -0.2) is 0 Å². The van der Waals surface area contributed by atoms with Gasteiger partial charge < -0.3 is 10.2 Å². The van der Waals surface area contributed by atoms with Crippen molar-refractivity contribution in [2.45, 2.75) is 24.6 Å². The number of aromatic hydroxyl groups is 1. The molecule has 0 unspecified atom stereocenters. The second-order valence-electron chi connectivity index (χ2n) is 3.88. The molecule has 1 aliphatic rings. The molecule has 88 valence electrons. The molecule has 0 amide bonds. The fraction of sp³-hybridized carbons (Fsp3) is 0.400. The Hall–Kier alpha value is -0.750. The van der Waals surface area contributed by atoms with Crippen LogP contribution in [0.5, 0.6) is 5.75 Å². The number of aliphatic hydroxyl groups is 1. The van der Waals surface area contributed by atoms with Gasteiger partial charge in [-0.15, -0.1) is 0 Å². The van der Waals surface area contributed by atoms with Gasteiger partial charge in [-0.05, 0) is 25.0 Å². The Morgan fingerprint density at radius 2 is 1.81 bits per heavy atom. The molecule has 0 radical (unpaired) electrons. The van der Waals surface area contributed by atoms with E-state index in [2.05, 4.69) is 15.9 Å². The lowest BCUT2D eigenvalue weighted by Gasteiger charge is -2.15. The molecule has 1 aliphatic carbocycles. The lowest BCUT2D eigenvalue weighted by atomic mass is 10.0. The zero-order chi connectivity index (χ0) is 12.1. The maximum atomic E-state index is 12.4. The van der Waals surface area contributed by atoms with Gasteiger partial charge in [0.1, 0.15) is 5.75 Å². The molecule has 1 aromatic carbocycles. The van der Waals surface area contributed by atoms with Crippen molar-refractivity contribution in [1.29, 1.82) is 0 Å². The van der Waals surface area contributed by atoms with Gasteiger partial charge >= 0.3 is 6.18 Å². The van der Waals surface area contributed by atoms with Gasteiger partial charge in [0.15, 0.2) is 0 Å². The molecule has 0 spiro atoms. The van der Waals surface area contributed by atoms with Crippen LogP contribution in [0.2, 0.25) is 0 Å². The number of alkyl halides is 3. The van der Waals surface area contributed by atoms with Crippen molar-refractivity contribution in [2.75, 3.05) is 0 Å². The number of hydrogen-bond acceptors (Lipinski definition) is 2. The first kappa shape index (κ1) is 11.7. The van der Waals surface area contributed by atoms with Crippen LogP contribution < -0.4 is 0 Å². The fourth-order valence-corrected chi connectivity index (χ4v) is 2.40. The zero-order valence-corrected chi connectivity index (χ0v) is 9.56. The van der Waals surface area contributed by atoms with E-state index in [1.807, 2.05) is 0 Å². The summed E-state index contributed by atoms with van der Waals surface area (Å²) >= 11 is 2.95. The molecule has 2 rings (SSSR count). The summed E-state index contributed by atoms with van der Waals surface area (Å²) in [5, 5.41) is 19.3. The first-order valence-electron chi connectivity index (χ1n) is 4.56. The third-order valence-corrected chi connectivity index (χ3v) is 3.21. The predicted octanol–water partition coefficient (Wildman–Crippen LogP) is 3.15. The van der Waals surface area contributed by atoms with Crippen LogP contribution in [-0.4, -0.2) is 10.2 Å². The third-order valence-electron chi connectivity index (χ3n) is 2.59. The Morgan fingerprint density at radius 1 is 1.25 bits per heavy atom. The number of hydrogen-bond donors (Lipinski definition) is 2. The Bertz CT molecular complexity index is 415. The summed E-state index contributed by atoms with van der Waals surface area (Å²) in [6.07, 6.45) is -3.61. The standard InChI is InChI=1S/C10H8BrF3O2/c11-6-3-5(10(12,13)14)4-7(15)8(6)9(16)1-2-9/h3-4,15-16H,1-2H2. The van der Waals surface area contributed by atoms with E-state index < -0.39 is 23.1 Å². The normalized spacial score (nSPS) is 18.6. The van der Waals surface area contributed by atoms with Gasteiger partial charge in [-0.3, -0.25) is 0 Å². The van der Waals surface area contributed by atoms with Crippen LogP contribution in [0.25, 0.3) is 0 Å². The molecular formula is C10H8BrF3O2. The van der Waals surface area contributed by atoms with E-state index in [-0.39, 0.29) is 10.0 Å². The van der Waals surface area contributed by atoms with Gasteiger partial charge in [-0.2, -0.15) is 13.2 Å². The largest absolute Gasteiger partial charge is 0.508 e. The summed E-state index contributed by atoms with van der Waals surface area (Å²) in [5.74, 6) is -0.526. The summed E-state index contributed by atoms with van der Waals surface area (Å²) < 4.78 is 37.3. The summed E-state index contributed by atoms with van der Waals surface area (Å²) in [5.41, 5.74) is -1.97. The predicted molar refractivity (Wildman–Crippen MR) is 53.9 cm³/mol. The van der Waals surface area contributed by atoms with E-state index in [1.165, 1.54) is 0 Å². The highest BCUT2D eigenvalue weighted by Crippen LogP contribution is 2.52. The van der Waals surface area contributed by atoms with E-state index >= 15 is 0 Å². The molecule has 0 heterocycles. The molecule has 6 heteroatoms. The number of phenols is 1. The highest BCUT2D eigenvalue weighted by atomic mass is 79.9. The highest BCUT2D eigenvalue weighted by molar-refractivity contribution is 9.10. The van der Waals surface area contributed by atoms with E-state index in [0.29, 0.717) is 18.9 Å². The summed E-state index contributed by atoms with van der Waals surface area (Å²) in [4.78, 5) is 0. The molecule has 0 saturated heterocycles. The van der Waals surface area contributed by atoms with Crippen LogP contribution in [0, 0.1) is 0 Å². The monoisotopic (exact) mass is 296 g/mol. The van der Waals surface area contributed by atoms with Gasteiger partial charge in [0.05, 0.1) is 11.2 Å². The molecule has 0 aromatic heterocycles. The average molecular weight is 297 g/mol. The lowest BCUT2D eigenvalue weighted by Crippen LogP contribution is -2.10. The minimum absolute atomic E-state index is 0.0832. The first-order valence-corrected chi connectivity index (χ1v) is 5.36. The Kier molecular flexibility index (Phi) is 2.47.